The summed E-state index contributed by atoms with van der Waals surface area (Å²) in [7, 11) is 0. The molecule has 3 rings (SSSR count). The molecule has 1 aliphatic carbocycles. The van der Waals surface area contributed by atoms with E-state index in [0.29, 0.717) is 18.8 Å². The molecule has 2 N–H and O–H groups in total. The number of Topliss-reactive ketones (excluding diaryl/α,β-unsaturated/α-hetero) is 1. The van der Waals surface area contributed by atoms with Crippen LogP contribution in [0.2, 0.25) is 0 Å². The second-order valence-corrected chi connectivity index (χ2v) is 5.63. The molecule has 1 heterocycles. The Balaban J connectivity index is 2.04. The SMILES string of the molecule is CCOc1cc([C@H]2CC(=O)NC3=C2C(=O)CCC3)ccc1O. The molecule has 1 atom stereocenters. The standard InChI is InChI=1S/C17H19NO4/c1-2-22-15-8-10(6-7-13(15)19)11-9-16(21)18-12-4-3-5-14(20)17(11)12/h6-8,11,19H,2-5,9H2,1H3,(H,18,21)/t11-/m1/s1. The van der Waals surface area contributed by atoms with Crippen LogP contribution in [0.4, 0.5) is 0 Å². The quantitative estimate of drug-likeness (QED) is 0.899. The van der Waals surface area contributed by atoms with Crippen molar-refractivity contribution in [2.24, 2.45) is 0 Å². The predicted molar refractivity (Wildman–Crippen MR) is 80.7 cm³/mol. The maximum atomic E-state index is 12.3. The van der Waals surface area contributed by atoms with Gasteiger partial charge in [-0.3, -0.25) is 9.59 Å². The number of ether oxygens (including phenoxy) is 1. The van der Waals surface area contributed by atoms with Crippen molar-refractivity contribution in [2.75, 3.05) is 6.61 Å². The molecule has 0 bridgehead atoms. The van der Waals surface area contributed by atoms with Gasteiger partial charge in [-0.25, -0.2) is 0 Å². The van der Waals surface area contributed by atoms with E-state index < -0.39 is 0 Å². The minimum absolute atomic E-state index is 0.0648. The lowest BCUT2D eigenvalue weighted by atomic mass is 9.78. The van der Waals surface area contributed by atoms with Crippen LogP contribution < -0.4 is 10.1 Å². The van der Waals surface area contributed by atoms with Crippen LogP contribution >= 0.6 is 0 Å². The highest BCUT2D eigenvalue weighted by atomic mass is 16.5. The van der Waals surface area contributed by atoms with Crippen LogP contribution in [0, 0.1) is 0 Å². The third kappa shape index (κ3) is 2.58. The van der Waals surface area contributed by atoms with E-state index in [9.17, 15) is 14.7 Å². The molecule has 1 aromatic rings. The highest BCUT2D eigenvalue weighted by molar-refractivity contribution is 6.01. The van der Waals surface area contributed by atoms with Crippen molar-refractivity contribution < 1.29 is 19.4 Å². The Kier molecular flexibility index (Phi) is 3.88. The van der Waals surface area contributed by atoms with Crippen LogP contribution in [0.25, 0.3) is 0 Å². The maximum Gasteiger partial charge on any atom is 0.225 e. The molecule has 22 heavy (non-hydrogen) atoms. The topological polar surface area (TPSA) is 75.6 Å². The van der Waals surface area contributed by atoms with Gasteiger partial charge in [0.25, 0.3) is 0 Å². The highest BCUT2D eigenvalue weighted by Gasteiger charge is 2.34. The zero-order chi connectivity index (χ0) is 15.7. The van der Waals surface area contributed by atoms with E-state index in [0.717, 1.165) is 29.7 Å². The van der Waals surface area contributed by atoms with E-state index in [1.807, 2.05) is 6.92 Å². The first-order chi connectivity index (χ1) is 10.6. The fourth-order valence-corrected chi connectivity index (χ4v) is 3.21. The average molecular weight is 301 g/mol. The monoisotopic (exact) mass is 301 g/mol. The molecular weight excluding hydrogens is 282 g/mol. The molecule has 0 fully saturated rings. The lowest BCUT2D eigenvalue weighted by Gasteiger charge is -2.31. The van der Waals surface area contributed by atoms with Gasteiger partial charge < -0.3 is 15.2 Å². The van der Waals surface area contributed by atoms with Crippen LogP contribution in [0.3, 0.4) is 0 Å². The van der Waals surface area contributed by atoms with Crippen molar-refractivity contribution in [1.82, 2.24) is 5.32 Å². The second-order valence-electron chi connectivity index (χ2n) is 5.63. The van der Waals surface area contributed by atoms with E-state index in [2.05, 4.69) is 5.32 Å². The van der Waals surface area contributed by atoms with Crippen molar-refractivity contribution in [3.05, 3.63) is 35.0 Å². The van der Waals surface area contributed by atoms with E-state index in [1.54, 1.807) is 18.2 Å². The van der Waals surface area contributed by atoms with Crippen molar-refractivity contribution in [1.29, 1.82) is 0 Å². The van der Waals surface area contributed by atoms with Gasteiger partial charge in [-0.2, -0.15) is 0 Å². The number of amides is 1. The number of phenols is 1. The number of phenolic OH excluding ortho intramolecular Hbond substituents is 1. The van der Waals surface area contributed by atoms with Gasteiger partial charge in [0.05, 0.1) is 6.61 Å². The van der Waals surface area contributed by atoms with Gasteiger partial charge in [0.15, 0.2) is 17.3 Å². The first-order valence-electron chi connectivity index (χ1n) is 7.62. The summed E-state index contributed by atoms with van der Waals surface area (Å²) < 4.78 is 5.41. The number of carbonyl (C=O) groups excluding carboxylic acids is 2. The molecule has 0 radical (unpaired) electrons. The summed E-state index contributed by atoms with van der Waals surface area (Å²) in [6.45, 7) is 2.28. The lowest BCUT2D eigenvalue weighted by molar-refractivity contribution is -0.122. The third-order valence-electron chi connectivity index (χ3n) is 4.17. The zero-order valence-corrected chi connectivity index (χ0v) is 12.5. The van der Waals surface area contributed by atoms with Gasteiger partial charge in [-0.05, 0) is 37.5 Å². The summed E-state index contributed by atoms with van der Waals surface area (Å²) >= 11 is 0. The minimum atomic E-state index is -0.253. The summed E-state index contributed by atoms with van der Waals surface area (Å²) in [6, 6.07) is 5.04. The Morgan fingerprint density at radius 2 is 2.14 bits per heavy atom. The molecule has 0 unspecified atom stereocenters. The van der Waals surface area contributed by atoms with Crippen molar-refractivity contribution in [2.45, 2.75) is 38.5 Å². The molecule has 116 valence electrons. The van der Waals surface area contributed by atoms with Gasteiger partial charge in [-0.15, -0.1) is 0 Å². The molecular formula is C17H19NO4. The fourth-order valence-electron chi connectivity index (χ4n) is 3.21. The van der Waals surface area contributed by atoms with Crippen LogP contribution in [-0.2, 0) is 9.59 Å². The Morgan fingerprint density at radius 3 is 2.91 bits per heavy atom. The van der Waals surface area contributed by atoms with Crippen LogP contribution in [0.1, 0.15) is 44.1 Å². The lowest BCUT2D eigenvalue weighted by Crippen LogP contribution is -2.36. The number of allylic oxidation sites excluding steroid dienone is 2. The summed E-state index contributed by atoms with van der Waals surface area (Å²) in [6.07, 6.45) is 2.30. The Labute approximate surface area is 129 Å². The van der Waals surface area contributed by atoms with Gasteiger partial charge in [0.2, 0.25) is 5.91 Å². The smallest absolute Gasteiger partial charge is 0.225 e. The molecule has 1 aliphatic heterocycles. The summed E-state index contributed by atoms with van der Waals surface area (Å²) in [5, 5.41) is 12.7. The molecule has 1 amide bonds. The number of hydrogen-bond donors (Lipinski definition) is 2. The molecule has 0 spiro atoms. The number of aromatic hydroxyl groups is 1. The van der Waals surface area contributed by atoms with Crippen molar-refractivity contribution in [3.8, 4) is 11.5 Å². The van der Waals surface area contributed by atoms with E-state index in [1.165, 1.54) is 0 Å². The molecule has 2 aliphatic rings. The third-order valence-corrected chi connectivity index (χ3v) is 4.17. The van der Waals surface area contributed by atoms with Crippen molar-refractivity contribution >= 4 is 11.7 Å². The maximum absolute atomic E-state index is 12.3. The van der Waals surface area contributed by atoms with E-state index in [4.69, 9.17) is 4.74 Å². The van der Waals surface area contributed by atoms with Crippen LogP contribution in [0.5, 0.6) is 11.5 Å². The number of rotatable bonds is 3. The fraction of sp³-hybridized carbons (Fsp3) is 0.412. The molecule has 0 saturated heterocycles. The summed E-state index contributed by atoms with van der Waals surface area (Å²) in [5.74, 6) is 0.240. The minimum Gasteiger partial charge on any atom is -0.504 e. The molecule has 0 aromatic heterocycles. The van der Waals surface area contributed by atoms with Crippen LogP contribution in [0.15, 0.2) is 29.5 Å². The first-order valence-corrected chi connectivity index (χ1v) is 7.62. The Bertz CT molecular complexity index is 663. The first kappa shape index (κ1) is 14.6. The zero-order valence-electron chi connectivity index (χ0n) is 12.5. The van der Waals surface area contributed by atoms with E-state index >= 15 is 0 Å². The normalized spacial score (nSPS) is 21.4. The number of hydrogen-bond acceptors (Lipinski definition) is 4. The Morgan fingerprint density at radius 1 is 1.32 bits per heavy atom. The number of carbonyl (C=O) groups is 2. The second kappa shape index (κ2) is 5.83. The highest BCUT2D eigenvalue weighted by Crippen LogP contribution is 2.40. The van der Waals surface area contributed by atoms with Gasteiger partial charge in [0.1, 0.15) is 0 Å². The molecule has 1 aromatic carbocycles. The number of benzene rings is 1. The Hall–Kier alpha value is -2.30. The van der Waals surface area contributed by atoms with Crippen LogP contribution in [-0.4, -0.2) is 23.4 Å². The van der Waals surface area contributed by atoms with Gasteiger partial charge >= 0.3 is 0 Å². The molecule has 0 saturated carbocycles. The van der Waals surface area contributed by atoms with Crippen molar-refractivity contribution in [3.63, 3.8) is 0 Å². The number of nitrogens with one attached hydrogen (secondary N) is 1. The summed E-state index contributed by atoms with van der Waals surface area (Å²) in [5.41, 5.74) is 2.32. The van der Waals surface area contributed by atoms with Gasteiger partial charge in [0, 0.05) is 30.0 Å². The van der Waals surface area contributed by atoms with Gasteiger partial charge in [-0.1, -0.05) is 6.07 Å². The largest absolute Gasteiger partial charge is 0.504 e. The molecule has 5 heteroatoms. The van der Waals surface area contributed by atoms with E-state index in [-0.39, 0.29) is 29.8 Å². The number of ketones is 1. The summed E-state index contributed by atoms with van der Waals surface area (Å²) in [4.78, 5) is 24.3. The molecule has 5 nitrogen and oxygen atoms in total. The average Bonchev–Trinajstić information content (AvgIpc) is 2.49. The predicted octanol–water partition coefficient (Wildman–Crippen LogP) is 2.40.